The molecule has 1 unspecified atom stereocenters. The number of rotatable bonds is 4. The maximum absolute atomic E-state index is 13.6. The zero-order valence-corrected chi connectivity index (χ0v) is 18.2. The summed E-state index contributed by atoms with van der Waals surface area (Å²) in [6.45, 7) is 0. The number of hydrogen-bond acceptors (Lipinski definition) is 4. The maximum atomic E-state index is 13.6. The molecule has 0 aromatic heterocycles. The van der Waals surface area contributed by atoms with Crippen molar-refractivity contribution in [2.75, 3.05) is 12.0 Å². The molecule has 1 saturated heterocycles. The van der Waals surface area contributed by atoms with E-state index in [9.17, 15) is 19.1 Å². The number of anilines is 1. The van der Waals surface area contributed by atoms with E-state index < -0.39 is 29.3 Å². The second-order valence-corrected chi connectivity index (χ2v) is 7.89. The van der Waals surface area contributed by atoms with E-state index in [4.69, 9.17) is 27.9 Å². The third kappa shape index (κ3) is 3.83. The van der Waals surface area contributed by atoms with Crippen LogP contribution in [0.4, 0.5) is 10.1 Å². The minimum atomic E-state index is -0.988. The number of carbonyl (C=O) groups excluding carboxylic acids is 2. The second-order valence-electron chi connectivity index (χ2n) is 7.05. The highest BCUT2D eigenvalue weighted by Gasteiger charge is 2.47. The predicted octanol–water partition coefficient (Wildman–Crippen LogP) is 5.77. The summed E-state index contributed by atoms with van der Waals surface area (Å²) in [6.07, 6.45) is 0. The first-order chi connectivity index (χ1) is 15.3. The van der Waals surface area contributed by atoms with Crippen LogP contribution >= 0.6 is 23.2 Å². The van der Waals surface area contributed by atoms with Crippen molar-refractivity contribution in [1.29, 1.82) is 0 Å². The van der Waals surface area contributed by atoms with Crippen LogP contribution in [-0.4, -0.2) is 23.9 Å². The number of benzene rings is 3. The van der Waals surface area contributed by atoms with Gasteiger partial charge in [-0.25, -0.2) is 4.39 Å². The van der Waals surface area contributed by atoms with E-state index in [1.165, 1.54) is 48.4 Å². The lowest BCUT2D eigenvalue weighted by Gasteiger charge is -2.25. The number of Topliss-reactive ketones (excluding diaryl/α,β-unsaturated/α-hetero) is 1. The lowest BCUT2D eigenvalue weighted by Crippen LogP contribution is -2.29. The molecule has 0 spiro atoms. The quantitative estimate of drug-likeness (QED) is 0.298. The van der Waals surface area contributed by atoms with Gasteiger partial charge in [0.1, 0.15) is 17.3 Å². The van der Waals surface area contributed by atoms with E-state index in [1.54, 1.807) is 30.3 Å². The van der Waals surface area contributed by atoms with E-state index >= 15 is 0 Å². The monoisotopic (exact) mass is 471 g/mol. The van der Waals surface area contributed by atoms with Gasteiger partial charge >= 0.3 is 0 Å². The van der Waals surface area contributed by atoms with Gasteiger partial charge in [0, 0.05) is 16.3 Å². The summed E-state index contributed by atoms with van der Waals surface area (Å²) in [5.74, 6) is -2.20. The van der Waals surface area contributed by atoms with E-state index in [0.717, 1.165) is 0 Å². The smallest absolute Gasteiger partial charge is 0.300 e. The Kier molecular flexibility index (Phi) is 5.91. The molecule has 3 aromatic carbocycles. The molecule has 4 rings (SSSR count). The average Bonchev–Trinajstić information content (AvgIpc) is 3.05. The zero-order valence-electron chi connectivity index (χ0n) is 16.7. The normalized spacial score (nSPS) is 17.6. The van der Waals surface area contributed by atoms with Crippen LogP contribution in [0.3, 0.4) is 0 Å². The number of aliphatic hydroxyl groups is 1. The third-order valence-electron chi connectivity index (χ3n) is 5.16. The number of methoxy groups -OCH3 is 1. The Morgan fingerprint density at radius 2 is 1.66 bits per heavy atom. The number of ether oxygens (including phenoxy) is 1. The van der Waals surface area contributed by atoms with Gasteiger partial charge in [0.15, 0.2) is 0 Å². The van der Waals surface area contributed by atoms with Crippen LogP contribution in [0.1, 0.15) is 17.2 Å². The van der Waals surface area contributed by atoms with Gasteiger partial charge < -0.3 is 9.84 Å². The average molecular weight is 472 g/mol. The van der Waals surface area contributed by atoms with Gasteiger partial charge in [-0.05, 0) is 60.2 Å². The topological polar surface area (TPSA) is 66.8 Å². The Morgan fingerprint density at radius 3 is 2.25 bits per heavy atom. The molecule has 0 bridgehead atoms. The largest absolute Gasteiger partial charge is 0.507 e. The summed E-state index contributed by atoms with van der Waals surface area (Å²) in [6, 6.07) is 15.2. The van der Waals surface area contributed by atoms with Crippen LogP contribution in [0.15, 0.2) is 72.3 Å². The fraction of sp³-hybridized carbons (Fsp3) is 0.0833. The van der Waals surface area contributed by atoms with Crippen molar-refractivity contribution in [3.8, 4) is 5.75 Å². The molecular formula is C24H16Cl2FNO4. The summed E-state index contributed by atoms with van der Waals surface area (Å²) >= 11 is 12.1. The Labute approximate surface area is 193 Å². The molecule has 3 aromatic rings. The van der Waals surface area contributed by atoms with Crippen molar-refractivity contribution in [3.05, 3.63) is 99.3 Å². The van der Waals surface area contributed by atoms with Gasteiger partial charge in [-0.1, -0.05) is 35.3 Å². The number of aliphatic hydroxyl groups excluding tert-OH is 1. The summed E-state index contributed by atoms with van der Waals surface area (Å²) < 4.78 is 18.7. The van der Waals surface area contributed by atoms with Crippen molar-refractivity contribution in [3.63, 3.8) is 0 Å². The molecule has 8 heteroatoms. The molecule has 162 valence electrons. The van der Waals surface area contributed by atoms with Gasteiger partial charge in [-0.3, -0.25) is 14.5 Å². The molecule has 1 aliphatic heterocycles. The second kappa shape index (κ2) is 8.65. The van der Waals surface area contributed by atoms with Crippen LogP contribution in [0, 0.1) is 5.82 Å². The first-order valence-corrected chi connectivity index (χ1v) is 10.2. The zero-order chi connectivity index (χ0) is 23.0. The highest BCUT2D eigenvalue weighted by Crippen LogP contribution is 2.43. The SMILES string of the molecule is COc1ccc(/C(O)=C2/C(=O)C(=O)N(c3ccc(Cl)cc3)C2c2ccc(F)cc2)cc1Cl. The highest BCUT2D eigenvalue weighted by molar-refractivity contribution is 6.51. The number of nitrogens with zero attached hydrogens (tertiary/aromatic N) is 1. The standard InChI is InChI=1S/C24H16Cl2FNO4/c1-32-19-11-4-14(12-18(19)26)22(29)20-21(13-2-7-16(27)8-3-13)28(24(31)23(20)30)17-9-5-15(25)6-10-17/h2-12,21,29H,1H3/b22-20-. The minimum Gasteiger partial charge on any atom is -0.507 e. The van der Waals surface area contributed by atoms with E-state index in [0.29, 0.717) is 22.0 Å². The first kappa shape index (κ1) is 21.9. The Morgan fingerprint density at radius 1 is 1.00 bits per heavy atom. The van der Waals surface area contributed by atoms with Gasteiger partial charge in [-0.2, -0.15) is 0 Å². The van der Waals surface area contributed by atoms with E-state index in [-0.39, 0.29) is 16.2 Å². The van der Waals surface area contributed by atoms with Crippen molar-refractivity contribution in [1.82, 2.24) is 0 Å². The number of carbonyl (C=O) groups is 2. The van der Waals surface area contributed by atoms with Crippen molar-refractivity contribution < 1.29 is 23.8 Å². The van der Waals surface area contributed by atoms with Crippen LogP contribution < -0.4 is 9.64 Å². The number of hydrogen-bond donors (Lipinski definition) is 1. The molecule has 0 aliphatic carbocycles. The maximum Gasteiger partial charge on any atom is 0.300 e. The van der Waals surface area contributed by atoms with Crippen LogP contribution in [0.2, 0.25) is 10.0 Å². The van der Waals surface area contributed by atoms with Crippen molar-refractivity contribution in [2.45, 2.75) is 6.04 Å². The van der Waals surface area contributed by atoms with Crippen molar-refractivity contribution in [2.24, 2.45) is 0 Å². The number of amides is 1. The minimum absolute atomic E-state index is 0.141. The van der Waals surface area contributed by atoms with Gasteiger partial charge in [0.2, 0.25) is 0 Å². The highest BCUT2D eigenvalue weighted by atomic mass is 35.5. The third-order valence-corrected chi connectivity index (χ3v) is 5.71. The lowest BCUT2D eigenvalue weighted by molar-refractivity contribution is -0.132. The Hall–Kier alpha value is -3.35. The molecule has 0 radical (unpaired) electrons. The van der Waals surface area contributed by atoms with E-state index in [2.05, 4.69) is 0 Å². The first-order valence-electron chi connectivity index (χ1n) is 9.47. The Bertz CT molecular complexity index is 1240. The number of ketones is 1. The fourth-order valence-electron chi connectivity index (χ4n) is 3.63. The lowest BCUT2D eigenvalue weighted by atomic mass is 9.95. The molecule has 1 heterocycles. The predicted molar refractivity (Wildman–Crippen MR) is 121 cm³/mol. The van der Waals surface area contributed by atoms with Crippen LogP contribution in [0.25, 0.3) is 5.76 Å². The Balaban J connectivity index is 1.93. The molecule has 5 nitrogen and oxygen atoms in total. The summed E-state index contributed by atoms with van der Waals surface area (Å²) in [4.78, 5) is 27.3. The fourth-order valence-corrected chi connectivity index (χ4v) is 4.01. The molecule has 1 aliphatic rings. The molecule has 0 saturated carbocycles. The molecule has 32 heavy (non-hydrogen) atoms. The summed E-state index contributed by atoms with van der Waals surface area (Å²) in [5.41, 5.74) is 0.939. The van der Waals surface area contributed by atoms with Crippen LogP contribution in [-0.2, 0) is 9.59 Å². The molecule has 1 fully saturated rings. The van der Waals surface area contributed by atoms with Crippen LogP contribution in [0.5, 0.6) is 5.75 Å². The number of halogens is 3. The molecule has 1 amide bonds. The van der Waals surface area contributed by atoms with Gasteiger partial charge in [-0.15, -0.1) is 0 Å². The molecular weight excluding hydrogens is 456 g/mol. The molecule has 1 N–H and O–H groups in total. The van der Waals surface area contributed by atoms with Gasteiger partial charge in [0.05, 0.1) is 23.7 Å². The molecule has 1 atom stereocenters. The summed E-state index contributed by atoms with van der Waals surface area (Å²) in [7, 11) is 1.45. The summed E-state index contributed by atoms with van der Waals surface area (Å²) in [5, 5.41) is 11.8. The van der Waals surface area contributed by atoms with E-state index in [1.807, 2.05) is 0 Å². The van der Waals surface area contributed by atoms with Crippen molar-refractivity contribution >= 4 is 46.3 Å². The van der Waals surface area contributed by atoms with Gasteiger partial charge in [0.25, 0.3) is 11.7 Å².